The number of hydrogen-bond acceptors (Lipinski definition) is 5. The number of anilines is 1. The maximum absolute atomic E-state index is 13.1. The molecule has 1 N–H and O–H groups in total. The summed E-state index contributed by atoms with van der Waals surface area (Å²) >= 11 is 1.44. The lowest BCUT2D eigenvalue weighted by atomic mass is 10.0. The van der Waals surface area contributed by atoms with Gasteiger partial charge < -0.3 is 5.32 Å². The van der Waals surface area contributed by atoms with Crippen LogP contribution in [0, 0.1) is 0 Å². The molecule has 6 nitrogen and oxygen atoms in total. The standard InChI is InChI=1S/C25H23N5OS/c1-17(24(31)27-22-12-6-5-11-21(22)18-8-3-2-4-9-18)32-25-29-28-23(30(25)20-13-14-20)19-10-7-15-26-16-19/h2-12,15-17,20H,13-14H2,1H3,(H,27,31)/t17-/m1/s1. The van der Waals surface area contributed by atoms with Crippen molar-refractivity contribution in [2.45, 2.75) is 36.2 Å². The molecule has 0 unspecified atom stereocenters. The highest BCUT2D eigenvalue weighted by Gasteiger charge is 2.31. The predicted molar refractivity (Wildman–Crippen MR) is 127 cm³/mol. The normalized spacial score (nSPS) is 14.2. The summed E-state index contributed by atoms with van der Waals surface area (Å²) in [5, 5.41) is 12.4. The Morgan fingerprint density at radius 1 is 1.00 bits per heavy atom. The number of para-hydroxylation sites is 1. The summed E-state index contributed by atoms with van der Waals surface area (Å²) in [5.74, 6) is 0.747. The number of nitrogens with zero attached hydrogens (tertiary/aromatic N) is 4. The van der Waals surface area contributed by atoms with Crippen molar-refractivity contribution in [1.29, 1.82) is 0 Å². The van der Waals surface area contributed by atoms with Gasteiger partial charge in [-0.1, -0.05) is 60.3 Å². The highest BCUT2D eigenvalue weighted by atomic mass is 32.2. The van der Waals surface area contributed by atoms with E-state index in [2.05, 4.69) is 25.1 Å². The fraction of sp³-hybridized carbons (Fsp3) is 0.200. The van der Waals surface area contributed by atoms with Gasteiger partial charge >= 0.3 is 0 Å². The van der Waals surface area contributed by atoms with Gasteiger partial charge in [0, 0.05) is 35.2 Å². The fourth-order valence-electron chi connectivity index (χ4n) is 3.62. The summed E-state index contributed by atoms with van der Waals surface area (Å²) in [6, 6.07) is 22.2. The van der Waals surface area contributed by atoms with E-state index in [1.165, 1.54) is 11.8 Å². The van der Waals surface area contributed by atoms with Crippen LogP contribution in [0.1, 0.15) is 25.8 Å². The molecule has 0 saturated heterocycles. The number of carbonyl (C=O) groups excluding carboxylic acids is 1. The second-order valence-electron chi connectivity index (χ2n) is 7.81. The zero-order valence-electron chi connectivity index (χ0n) is 17.7. The van der Waals surface area contributed by atoms with E-state index in [0.717, 1.165) is 46.2 Å². The Bertz CT molecular complexity index is 1220. The van der Waals surface area contributed by atoms with Crippen molar-refractivity contribution in [3.8, 4) is 22.5 Å². The molecule has 1 amide bonds. The van der Waals surface area contributed by atoms with Gasteiger partial charge in [0.1, 0.15) is 0 Å². The molecule has 1 fully saturated rings. The van der Waals surface area contributed by atoms with Crippen molar-refractivity contribution >= 4 is 23.4 Å². The van der Waals surface area contributed by atoms with Crippen LogP contribution in [0.2, 0.25) is 0 Å². The second-order valence-corrected chi connectivity index (χ2v) is 9.12. The summed E-state index contributed by atoms with van der Waals surface area (Å²) in [4.78, 5) is 17.3. The molecule has 0 spiro atoms. The molecule has 0 radical (unpaired) electrons. The Hall–Kier alpha value is -3.45. The minimum atomic E-state index is -0.331. The Balaban J connectivity index is 1.35. The number of aromatic nitrogens is 4. The van der Waals surface area contributed by atoms with Crippen molar-refractivity contribution in [3.05, 3.63) is 79.1 Å². The molecule has 160 valence electrons. The number of rotatable bonds is 7. The van der Waals surface area contributed by atoms with Crippen LogP contribution in [0.3, 0.4) is 0 Å². The average Bonchev–Trinajstić information content (AvgIpc) is 3.60. The quantitative estimate of drug-likeness (QED) is 0.386. The van der Waals surface area contributed by atoms with Crippen LogP contribution in [0.25, 0.3) is 22.5 Å². The lowest BCUT2D eigenvalue weighted by Gasteiger charge is -2.15. The molecule has 1 atom stereocenters. The largest absolute Gasteiger partial charge is 0.325 e. The van der Waals surface area contributed by atoms with E-state index in [1.54, 1.807) is 12.4 Å². The number of nitrogens with one attached hydrogen (secondary N) is 1. The van der Waals surface area contributed by atoms with E-state index >= 15 is 0 Å². The zero-order valence-corrected chi connectivity index (χ0v) is 18.5. The van der Waals surface area contributed by atoms with Crippen LogP contribution < -0.4 is 5.32 Å². The molecule has 0 bridgehead atoms. The molecule has 2 heterocycles. The minimum Gasteiger partial charge on any atom is -0.325 e. The molecule has 1 aliphatic rings. The Morgan fingerprint density at radius 3 is 2.50 bits per heavy atom. The average molecular weight is 442 g/mol. The number of benzene rings is 2. The number of amides is 1. The van der Waals surface area contributed by atoms with Crippen molar-refractivity contribution in [2.24, 2.45) is 0 Å². The van der Waals surface area contributed by atoms with Gasteiger partial charge in [-0.25, -0.2) is 0 Å². The summed E-state index contributed by atoms with van der Waals surface area (Å²) in [6.45, 7) is 1.90. The Morgan fingerprint density at radius 2 is 1.75 bits per heavy atom. The molecule has 7 heteroatoms. The monoisotopic (exact) mass is 441 g/mol. The summed E-state index contributed by atoms with van der Waals surface area (Å²) in [5.41, 5.74) is 3.81. The third-order valence-corrected chi connectivity index (χ3v) is 6.47. The van der Waals surface area contributed by atoms with E-state index in [0.29, 0.717) is 6.04 Å². The zero-order chi connectivity index (χ0) is 21.9. The van der Waals surface area contributed by atoms with Crippen LogP contribution in [-0.2, 0) is 4.79 Å². The van der Waals surface area contributed by atoms with Crippen LogP contribution in [0.15, 0.2) is 84.3 Å². The first-order valence-electron chi connectivity index (χ1n) is 10.7. The summed E-state index contributed by atoms with van der Waals surface area (Å²) in [6.07, 6.45) is 5.75. The molecule has 32 heavy (non-hydrogen) atoms. The summed E-state index contributed by atoms with van der Waals surface area (Å²) < 4.78 is 2.16. The number of thioether (sulfide) groups is 1. The third-order valence-electron chi connectivity index (χ3n) is 5.42. The van der Waals surface area contributed by atoms with Crippen LogP contribution in [0.5, 0.6) is 0 Å². The summed E-state index contributed by atoms with van der Waals surface area (Å²) in [7, 11) is 0. The first kappa shape index (κ1) is 20.5. The van der Waals surface area contributed by atoms with E-state index in [1.807, 2.05) is 73.7 Å². The van der Waals surface area contributed by atoms with Crippen molar-refractivity contribution in [3.63, 3.8) is 0 Å². The number of carbonyl (C=O) groups is 1. The molecule has 1 saturated carbocycles. The van der Waals surface area contributed by atoms with Gasteiger partial charge in [0.2, 0.25) is 5.91 Å². The fourth-order valence-corrected chi connectivity index (χ4v) is 4.54. The molecule has 0 aliphatic heterocycles. The van der Waals surface area contributed by atoms with Gasteiger partial charge in [-0.2, -0.15) is 0 Å². The third kappa shape index (κ3) is 4.29. The first-order chi connectivity index (χ1) is 15.7. The van der Waals surface area contributed by atoms with E-state index in [9.17, 15) is 4.79 Å². The first-order valence-corrected chi connectivity index (χ1v) is 11.6. The minimum absolute atomic E-state index is 0.0633. The van der Waals surface area contributed by atoms with Crippen LogP contribution in [0.4, 0.5) is 5.69 Å². The second kappa shape index (κ2) is 8.96. The van der Waals surface area contributed by atoms with Gasteiger partial charge in [-0.3, -0.25) is 14.3 Å². The van der Waals surface area contributed by atoms with Crippen LogP contribution >= 0.6 is 11.8 Å². The lowest BCUT2D eigenvalue weighted by molar-refractivity contribution is -0.115. The topological polar surface area (TPSA) is 72.7 Å². The maximum atomic E-state index is 13.1. The van der Waals surface area contributed by atoms with E-state index in [4.69, 9.17) is 0 Å². The molecule has 1 aliphatic carbocycles. The SMILES string of the molecule is C[C@@H](Sc1nnc(-c2cccnc2)n1C1CC1)C(=O)Nc1ccccc1-c1ccccc1. The smallest absolute Gasteiger partial charge is 0.237 e. The van der Waals surface area contributed by atoms with Gasteiger partial charge in [-0.05, 0) is 43.5 Å². The highest BCUT2D eigenvalue weighted by molar-refractivity contribution is 8.00. The predicted octanol–water partition coefficient (Wildman–Crippen LogP) is 5.46. The lowest BCUT2D eigenvalue weighted by Crippen LogP contribution is -2.23. The Labute approximate surface area is 191 Å². The molecular weight excluding hydrogens is 418 g/mol. The Kier molecular flexibility index (Phi) is 5.73. The van der Waals surface area contributed by atoms with Crippen molar-refractivity contribution in [1.82, 2.24) is 19.7 Å². The van der Waals surface area contributed by atoms with E-state index < -0.39 is 0 Å². The maximum Gasteiger partial charge on any atom is 0.237 e. The van der Waals surface area contributed by atoms with Crippen molar-refractivity contribution < 1.29 is 4.79 Å². The van der Waals surface area contributed by atoms with Gasteiger partial charge in [0.25, 0.3) is 0 Å². The number of pyridine rings is 1. The van der Waals surface area contributed by atoms with Gasteiger partial charge in [0.05, 0.1) is 5.25 Å². The molecule has 2 aromatic heterocycles. The molecule has 2 aromatic carbocycles. The van der Waals surface area contributed by atoms with E-state index in [-0.39, 0.29) is 11.2 Å². The molecule has 5 rings (SSSR count). The van der Waals surface area contributed by atoms with Gasteiger partial charge in [0.15, 0.2) is 11.0 Å². The van der Waals surface area contributed by atoms with Crippen LogP contribution in [-0.4, -0.2) is 30.9 Å². The van der Waals surface area contributed by atoms with Crippen molar-refractivity contribution in [2.75, 3.05) is 5.32 Å². The molecular formula is C25H23N5OS. The number of hydrogen-bond donors (Lipinski definition) is 1. The highest BCUT2D eigenvalue weighted by Crippen LogP contribution is 2.41. The van der Waals surface area contributed by atoms with Gasteiger partial charge in [-0.15, -0.1) is 10.2 Å². The molecule has 4 aromatic rings.